The number of rotatable bonds is 2. The van der Waals surface area contributed by atoms with Crippen molar-refractivity contribution in [3.63, 3.8) is 0 Å². The number of thiophene rings is 1. The summed E-state index contributed by atoms with van der Waals surface area (Å²) in [5.41, 5.74) is 1.52. The van der Waals surface area contributed by atoms with Crippen molar-refractivity contribution in [2.75, 3.05) is 6.61 Å². The molecule has 0 bridgehead atoms. The third-order valence-electron chi connectivity index (χ3n) is 2.80. The SMILES string of the molecule is O=C(CO)c1cc2c(s1)-c1cc(F)ccc1OC2. The molecule has 0 saturated carbocycles. The second-order valence-corrected chi connectivity index (χ2v) is 5.03. The maximum absolute atomic E-state index is 13.3. The van der Waals surface area contributed by atoms with Crippen LogP contribution in [0.15, 0.2) is 24.3 Å². The summed E-state index contributed by atoms with van der Waals surface area (Å²) in [7, 11) is 0. The lowest BCUT2D eigenvalue weighted by molar-refractivity contribution is 0.0908. The Kier molecular flexibility index (Phi) is 2.65. The lowest BCUT2D eigenvalue weighted by atomic mass is 10.1. The number of carbonyl (C=O) groups excluding carboxylic acids is 1. The predicted molar refractivity (Wildman–Crippen MR) is 65.5 cm³/mol. The van der Waals surface area contributed by atoms with E-state index in [9.17, 15) is 9.18 Å². The number of benzene rings is 1. The van der Waals surface area contributed by atoms with E-state index in [1.807, 2.05) is 0 Å². The summed E-state index contributed by atoms with van der Waals surface area (Å²) in [5, 5.41) is 8.85. The van der Waals surface area contributed by atoms with E-state index in [0.29, 0.717) is 22.8 Å². The first-order valence-corrected chi connectivity index (χ1v) is 6.20. The number of aliphatic hydroxyl groups is 1. The number of hydrogen-bond donors (Lipinski definition) is 1. The molecule has 5 heteroatoms. The quantitative estimate of drug-likeness (QED) is 0.848. The number of aliphatic hydroxyl groups excluding tert-OH is 1. The zero-order valence-corrected chi connectivity index (χ0v) is 10.1. The third-order valence-corrected chi connectivity index (χ3v) is 4.05. The fourth-order valence-corrected chi connectivity index (χ4v) is 3.06. The summed E-state index contributed by atoms with van der Waals surface area (Å²) in [6.45, 7) is -0.153. The molecule has 1 N–H and O–H groups in total. The minimum atomic E-state index is -0.518. The number of hydrogen-bond acceptors (Lipinski definition) is 4. The number of halogens is 1. The summed E-state index contributed by atoms with van der Waals surface area (Å²) < 4.78 is 18.8. The normalized spacial score (nSPS) is 12.6. The van der Waals surface area contributed by atoms with E-state index in [0.717, 1.165) is 10.4 Å². The first kappa shape index (κ1) is 11.4. The van der Waals surface area contributed by atoms with Crippen LogP contribution >= 0.6 is 11.3 Å². The Bertz CT molecular complexity index is 633. The fourth-order valence-electron chi connectivity index (χ4n) is 1.94. The van der Waals surface area contributed by atoms with E-state index in [-0.39, 0.29) is 11.6 Å². The first-order chi connectivity index (χ1) is 8.69. The monoisotopic (exact) mass is 264 g/mol. The summed E-state index contributed by atoms with van der Waals surface area (Å²) in [5.74, 6) is -0.0465. The molecular formula is C13H9FO3S. The van der Waals surface area contributed by atoms with Crippen LogP contribution in [-0.2, 0) is 6.61 Å². The number of fused-ring (bicyclic) bond motifs is 3. The van der Waals surface area contributed by atoms with Crippen LogP contribution in [0, 0.1) is 5.82 Å². The van der Waals surface area contributed by atoms with Crippen LogP contribution in [-0.4, -0.2) is 17.5 Å². The Labute approximate surface area is 106 Å². The molecule has 0 aliphatic carbocycles. The van der Waals surface area contributed by atoms with Gasteiger partial charge in [-0.25, -0.2) is 4.39 Å². The molecule has 0 spiro atoms. The molecule has 0 unspecified atom stereocenters. The molecule has 2 heterocycles. The molecule has 0 atom stereocenters. The second kappa shape index (κ2) is 4.19. The average molecular weight is 264 g/mol. The molecule has 0 amide bonds. The molecule has 92 valence electrons. The first-order valence-electron chi connectivity index (χ1n) is 5.38. The average Bonchev–Trinajstić information content (AvgIpc) is 2.82. The van der Waals surface area contributed by atoms with Crippen LogP contribution in [0.2, 0.25) is 0 Å². The zero-order valence-electron chi connectivity index (χ0n) is 9.27. The van der Waals surface area contributed by atoms with Crippen molar-refractivity contribution in [2.45, 2.75) is 6.61 Å². The van der Waals surface area contributed by atoms with Gasteiger partial charge in [0.1, 0.15) is 24.8 Å². The molecule has 2 aromatic rings. The molecule has 3 nitrogen and oxygen atoms in total. The minimum Gasteiger partial charge on any atom is -0.488 e. The van der Waals surface area contributed by atoms with Gasteiger partial charge in [0.2, 0.25) is 0 Å². The molecule has 1 aliphatic rings. The Hall–Kier alpha value is -1.72. The van der Waals surface area contributed by atoms with Gasteiger partial charge in [-0.05, 0) is 24.3 Å². The van der Waals surface area contributed by atoms with Gasteiger partial charge in [-0.1, -0.05) is 0 Å². The number of carbonyl (C=O) groups is 1. The van der Waals surface area contributed by atoms with Gasteiger partial charge in [-0.3, -0.25) is 4.79 Å². The molecular weight excluding hydrogens is 255 g/mol. The van der Waals surface area contributed by atoms with Gasteiger partial charge < -0.3 is 9.84 Å². The Balaban J connectivity index is 2.14. The molecule has 1 aromatic carbocycles. The van der Waals surface area contributed by atoms with Gasteiger partial charge >= 0.3 is 0 Å². The van der Waals surface area contributed by atoms with Crippen LogP contribution in [0.25, 0.3) is 10.4 Å². The summed E-state index contributed by atoms with van der Waals surface area (Å²) >= 11 is 1.26. The van der Waals surface area contributed by atoms with E-state index in [4.69, 9.17) is 9.84 Å². The van der Waals surface area contributed by atoms with Crippen molar-refractivity contribution >= 4 is 17.1 Å². The van der Waals surface area contributed by atoms with Crippen molar-refractivity contribution in [3.05, 3.63) is 40.5 Å². The fraction of sp³-hybridized carbons (Fsp3) is 0.154. The van der Waals surface area contributed by atoms with Gasteiger partial charge in [0, 0.05) is 16.0 Å². The van der Waals surface area contributed by atoms with Crippen LogP contribution in [0.1, 0.15) is 15.2 Å². The van der Waals surface area contributed by atoms with Gasteiger partial charge in [-0.15, -0.1) is 11.3 Å². The molecule has 1 aliphatic heterocycles. The largest absolute Gasteiger partial charge is 0.488 e. The molecule has 18 heavy (non-hydrogen) atoms. The highest BCUT2D eigenvalue weighted by molar-refractivity contribution is 7.17. The molecule has 0 radical (unpaired) electrons. The van der Waals surface area contributed by atoms with E-state index in [1.165, 1.54) is 23.5 Å². The van der Waals surface area contributed by atoms with Crippen molar-refractivity contribution in [2.24, 2.45) is 0 Å². The van der Waals surface area contributed by atoms with Crippen LogP contribution in [0.4, 0.5) is 4.39 Å². The minimum absolute atomic E-state index is 0.327. The van der Waals surface area contributed by atoms with Gasteiger partial charge in [0.15, 0.2) is 5.78 Å². The topological polar surface area (TPSA) is 46.5 Å². The molecule has 0 fully saturated rings. The smallest absolute Gasteiger partial charge is 0.198 e. The van der Waals surface area contributed by atoms with E-state index in [2.05, 4.69) is 0 Å². The Morgan fingerprint density at radius 1 is 1.44 bits per heavy atom. The molecule has 1 aromatic heterocycles. The van der Waals surface area contributed by atoms with Crippen LogP contribution in [0.3, 0.4) is 0 Å². The summed E-state index contributed by atoms with van der Waals surface area (Å²) in [4.78, 5) is 12.8. The Morgan fingerprint density at radius 2 is 2.28 bits per heavy atom. The highest BCUT2D eigenvalue weighted by Crippen LogP contribution is 2.42. The van der Waals surface area contributed by atoms with Crippen LogP contribution < -0.4 is 4.74 Å². The van der Waals surface area contributed by atoms with Gasteiger partial charge in [-0.2, -0.15) is 0 Å². The lowest BCUT2D eigenvalue weighted by Gasteiger charge is -2.17. The van der Waals surface area contributed by atoms with E-state index < -0.39 is 6.61 Å². The molecule has 0 saturated heterocycles. The Morgan fingerprint density at radius 3 is 3.06 bits per heavy atom. The number of ketones is 1. The second-order valence-electron chi connectivity index (χ2n) is 3.98. The van der Waals surface area contributed by atoms with Crippen molar-refractivity contribution < 1.29 is 19.0 Å². The number of ether oxygens (including phenoxy) is 1. The highest BCUT2D eigenvalue weighted by atomic mass is 32.1. The van der Waals surface area contributed by atoms with E-state index >= 15 is 0 Å². The maximum Gasteiger partial charge on any atom is 0.198 e. The molecule has 3 rings (SSSR count). The highest BCUT2D eigenvalue weighted by Gasteiger charge is 2.22. The van der Waals surface area contributed by atoms with Crippen molar-refractivity contribution in [3.8, 4) is 16.2 Å². The third kappa shape index (κ3) is 1.72. The van der Waals surface area contributed by atoms with Crippen molar-refractivity contribution in [1.82, 2.24) is 0 Å². The zero-order chi connectivity index (χ0) is 12.7. The summed E-state index contributed by atoms with van der Waals surface area (Å²) in [6, 6.07) is 6.03. The standard InChI is InChI=1S/C13H9FO3S/c14-8-1-2-11-9(4-8)13-7(6-17-11)3-12(18-13)10(16)5-15/h1-4,15H,5-6H2. The van der Waals surface area contributed by atoms with Gasteiger partial charge in [0.05, 0.1) is 4.88 Å². The van der Waals surface area contributed by atoms with Crippen LogP contribution in [0.5, 0.6) is 5.75 Å². The van der Waals surface area contributed by atoms with E-state index in [1.54, 1.807) is 12.1 Å². The van der Waals surface area contributed by atoms with Crippen molar-refractivity contribution in [1.29, 1.82) is 0 Å². The maximum atomic E-state index is 13.3. The number of Topliss-reactive ketones (excluding diaryl/α,β-unsaturated/α-hetero) is 1. The summed E-state index contributed by atoms with van der Waals surface area (Å²) in [6.07, 6.45) is 0. The van der Waals surface area contributed by atoms with Gasteiger partial charge in [0.25, 0.3) is 0 Å². The lowest BCUT2D eigenvalue weighted by Crippen LogP contribution is -2.03. The predicted octanol–water partition coefficient (Wildman–Crippen LogP) is 2.62.